The summed E-state index contributed by atoms with van der Waals surface area (Å²) in [5, 5.41) is 17.9. The van der Waals surface area contributed by atoms with Gasteiger partial charge in [-0.25, -0.2) is 14.8 Å². The zero-order valence-corrected chi connectivity index (χ0v) is 9.72. The van der Waals surface area contributed by atoms with Gasteiger partial charge >= 0.3 is 5.97 Å². The average molecular weight is 260 g/mol. The summed E-state index contributed by atoms with van der Waals surface area (Å²) in [6.45, 7) is 0. The van der Waals surface area contributed by atoms with Crippen molar-refractivity contribution >= 4 is 17.6 Å². The van der Waals surface area contributed by atoms with Crippen molar-refractivity contribution in [2.24, 2.45) is 0 Å². The molecule has 6 heteroatoms. The third kappa shape index (κ3) is 2.29. The van der Waals surface area contributed by atoms with E-state index in [0.717, 1.165) is 0 Å². The molecule has 0 amide bonds. The number of carbonyl (C=O) groups is 1. The first-order valence-electron chi connectivity index (χ1n) is 4.88. The molecule has 0 aliphatic heterocycles. The van der Waals surface area contributed by atoms with E-state index in [1.807, 2.05) is 6.07 Å². The van der Waals surface area contributed by atoms with Crippen LogP contribution in [0.15, 0.2) is 30.5 Å². The number of carboxylic acid groups (broad SMARTS) is 1. The molecule has 0 unspecified atom stereocenters. The largest absolute Gasteiger partial charge is 0.475 e. The van der Waals surface area contributed by atoms with Gasteiger partial charge < -0.3 is 5.11 Å². The van der Waals surface area contributed by atoms with Crippen molar-refractivity contribution in [3.05, 3.63) is 46.9 Å². The van der Waals surface area contributed by atoms with Crippen LogP contribution in [0.5, 0.6) is 0 Å². The summed E-state index contributed by atoms with van der Waals surface area (Å²) >= 11 is 5.93. The van der Waals surface area contributed by atoms with Crippen molar-refractivity contribution < 1.29 is 9.90 Å². The summed E-state index contributed by atoms with van der Waals surface area (Å²) in [5.74, 6) is -1.57. The van der Waals surface area contributed by atoms with Crippen molar-refractivity contribution in [3.8, 4) is 17.3 Å². The molecule has 0 saturated heterocycles. The molecular weight excluding hydrogens is 254 g/mol. The minimum absolute atomic E-state index is 0.232. The van der Waals surface area contributed by atoms with E-state index in [4.69, 9.17) is 22.0 Å². The van der Waals surface area contributed by atoms with E-state index in [-0.39, 0.29) is 10.8 Å². The van der Waals surface area contributed by atoms with Crippen molar-refractivity contribution in [2.45, 2.75) is 0 Å². The summed E-state index contributed by atoms with van der Waals surface area (Å²) in [7, 11) is 0. The van der Waals surface area contributed by atoms with Crippen LogP contribution in [0.3, 0.4) is 0 Å². The molecule has 5 nitrogen and oxygen atoms in total. The number of rotatable bonds is 2. The highest BCUT2D eigenvalue weighted by atomic mass is 35.5. The number of hydrogen-bond donors (Lipinski definition) is 1. The quantitative estimate of drug-likeness (QED) is 0.895. The molecule has 2 rings (SSSR count). The number of aromatic nitrogens is 2. The fourth-order valence-electron chi connectivity index (χ4n) is 1.41. The second-order valence-electron chi connectivity index (χ2n) is 3.39. The van der Waals surface area contributed by atoms with E-state index in [0.29, 0.717) is 16.8 Å². The van der Waals surface area contributed by atoms with Crippen LogP contribution in [0.4, 0.5) is 0 Å². The number of hydrogen-bond acceptors (Lipinski definition) is 4. The van der Waals surface area contributed by atoms with Gasteiger partial charge in [0.25, 0.3) is 0 Å². The Morgan fingerprint density at radius 1 is 1.44 bits per heavy atom. The van der Waals surface area contributed by atoms with Crippen molar-refractivity contribution in [3.63, 3.8) is 0 Å². The Kier molecular flexibility index (Phi) is 3.22. The maximum Gasteiger partial charge on any atom is 0.373 e. The first-order valence-corrected chi connectivity index (χ1v) is 5.26. The number of halogens is 1. The second kappa shape index (κ2) is 4.82. The zero-order valence-electron chi connectivity index (χ0n) is 8.96. The SMILES string of the molecule is N#Cc1cccc(-c2nc(C(=O)O)ncc2Cl)c1. The Hall–Kier alpha value is -2.45. The van der Waals surface area contributed by atoms with Gasteiger partial charge in [0, 0.05) is 5.56 Å². The van der Waals surface area contributed by atoms with Gasteiger partial charge in [0.15, 0.2) is 0 Å². The van der Waals surface area contributed by atoms with Crippen molar-refractivity contribution in [1.29, 1.82) is 5.26 Å². The Balaban J connectivity index is 2.59. The molecule has 88 valence electrons. The van der Waals surface area contributed by atoms with Crippen LogP contribution in [0.25, 0.3) is 11.3 Å². The molecule has 0 saturated carbocycles. The summed E-state index contributed by atoms with van der Waals surface area (Å²) < 4.78 is 0. The summed E-state index contributed by atoms with van der Waals surface area (Å²) in [6.07, 6.45) is 1.23. The Morgan fingerprint density at radius 3 is 2.89 bits per heavy atom. The van der Waals surface area contributed by atoms with Gasteiger partial charge in [-0.3, -0.25) is 0 Å². The highest BCUT2D eigenvalue weighted by molar-refractivity contribution is 6.32. The molecule has 1 aromatic heterocycles. The first-order chi connectivity index (χ1) is 8.61. The standard InChI is InChI=1S/C12H6ClN3O2/c13-9-6-15-11(12(17)18)16-10(9)8-3-1-2-7(4-8)5-14/h1-4,6H,(H,17,18). The molecule has 1 N–H and O–H groups in total. The highest BCUT2D eigenvalue weighted by Crippen LogP contribution is 2.25. The van der Waals surface area contributed by atoms with Gasteiger partial charge in [-0.2, -0.15) is 5.26 Å². The van der Waals surface area contributed by atoms with Crippen LogP contribution < -0.4 is 0 Å². The molecule has 0 bridgehead atoms. The monoisotopic (exact) mass is 259 g/mol. The topological polar surface area (TPSA) is 86.9 Å². The van der Waals surface area contributed by atoms with Crippen LogP contribution >= 0.6 is 11.6 Å². The second-order valence-corrected chi connectivity index (χ2v) is 3.80. The lowest BCUT2D eigenvalue weighted by Crippen LogP contribution is -2.04. The van der Waals surface area contributed by atoms with Gasteiger partial charge in [-0.15, -0.1) is 0 Å². The maximum atomic E-state index is 10.8. The van der Waals surface area contributed by atoms with Gasteiger partial charge in [-0.05, 0) is 12.1 Å². The van der Waals surface area contributed by atoms with E-state index in [9.17, 15) is 4.79 Å². The molecule has 0 radical (unpaired) electrons. The van der Waals surface area contributed by atoms with Crippen LogP contribution in [-0.2, 0) is 0 Å². The van der Waals surface area contributed by atoms with Crippen LogP contribution in [0, 0.1) is 11.3 Å². The van der Waals surface area contributed by atoms with Gasteiger partial charge in [0.05, 0.1) is 28.5 Å². The van der Waals surface area contributed by atoms with Crippen LogP contribution in [0.2, 0.25) is 5.02 Å². The predicted octanol–water partition coefficient (Wildman–Crippen LogP) is 2.37. The maximum absolute atomic E-state index is 10.8. The Labute approximate surface area is 107 Å². The minimum Gasteiger partial charge on any atom is -0.475 e. The number of benzene rings is 1. The molecule has 0 aliphatic carbocycles. The zero-order chi connectivity index (χ0) is 13.1. The minimum atomic E-state index is -1.23. The summed E-state index contributed by atoms with van der Waals surface area (Å²) in [5.41, 5.74) is 1.31. The lowest BCUT2D eigenvalue weighted by atomic mass is 10.1. The Morgan fingerprint density at radius 2 is 2.22 bits per heavy atom. The number of aromatic carboxylic acids is 1. The summed E-state index contributed by atoms with van der Waals surface area (Å²) in [4.78, 5) is 18.3. The molecule has 0 spiro atoms. The van der Waals surface area contributed by atoms with Crippen LogP contribution in [-0.4, -0.2) is 21.0 Å². The molecule has 1 aromatic carbocycles. The molecule has 0 atom stereocenters. The molecule has 2 aromatic rings. The lowest BCUT2D eigenvalue weighted by Gasteiger charge is -2.04. The smallest absolute Gasteiger partial charge is 0.373 e. The van der Waals surface area contributed by atoms with E-state index in [1.165, 1.54) is 6.20 Å². The highest BCUT2D eigenvalue weighted by Gasteiger charge is 2.12. The van der Waals surface area contributed by atoms with Crippen LogP contribution in [0.1, 0.15) is 16.2 Å². The van der Waals surface area contributed by atoms with E-state index < -0.39 is 5.97 Å². The average Bonchev–Trinajstić information content (AvgIpc) is 2.39. The number of nitriles is 1. The molecule has 18 heavy (non-hydrogen) atoms. The van der Waals surface area contributed by atoms with E-state index >= 15 is 0 Å². The molecule has 0 aliphatic rings. The molecular formula is C12H6ClN3O2. The molecule has 1 heterocycles. The third-order valence-corrected chi connectivity index (χ3v) is 2.48. The third-order valence-electron chi connectivity index (χ3n) is 2.20. The van der Waals surface area contributed by atoms with E-state index in [1.54, 1.807) is 24.3 Å². The van der Waals surface area contributed by atoms with Crippen molar-refractivity contribution in [1.82, 2.24) is 9.97 Å². The number of nitrogens with zero attached hydrogens (tertiary/aromatic N) is 3. The van der Waals surface area contributed by atoms with Gasteiger partial charge in [-0.1, -0.05) is 23.7 Å². The lowest BCUT2D eigenvalue weighted by molar-refractivity contribution is 0.0683. The Bertz CT molecular complexity index is 665. The van der Waals surface area contributed by atoms with Gasteiger partial charge in [0.2, 0.25) is 5.82 Å². The van der Waals surface area contributed by atoms with Gasteiger partial charge in [0.1, 0.15) is 0 Å². The van der Waals surface area contributed by atoms with E-state index in [2.05, 4.69) is 9.97 Å². The molecule has 0 fully saturated rings. The number of carboxylic acids is 1. The normalized spacial score (nSPS) is 9.78. The first kappa shape index (κ1) is 12.0. The van der Waals surface area contributed by atoms with Crippen molar-refractivity contribution in [2.75, 3.05) is 0 Å². The fourth-order valence-corrected chi connectivity index (χ4v) is 1.61. The summed E-state index contributed by atoms with van der Waals surface area (Å²) in [6, 6.07) is 8.58. The fraction of sp³-hybridized carbons (Fsp3) is 0. The predicted molar refractivity (Wildman–Crippen MR) is 64.2 cm³/mol.